The van der Waals surface area contributed by atoms with Gasteiger partial charge in [0.25, 0.3) is 0 Å². The van der Waals surface area contributed by atoms with E-state index >= 15 is 0 Å². The minimum absolute atomic E-state index is 0.108. The van der Waals surface area contributed by atoms with Crippen LogP contribution >= 0.6 is 0 Å². The third kappa shape index (κ3) is 3.03. The molecule has 1 aliphatic carbocycles. The van der Waals surface area contributed by atoms with Gasteiger partial charge in [0, 0.05) is 17.5 Å². The second-order valence-electron chi connectivity index (χ2n) is 6.42. The number of aliphatic imine (C=N–C) groups is 1. The molecule has 5 heteroatoms. The van der Waals surface area contributed by atoms with Gasteiger partial charge in [0.15, 0.2) is 5.96 Å². The van der Waals surface area contributed by atoms with E-state index in [9.17, 15) is 5.11 Å². The van der Waals surface area contributed by atoms with Crippen molar-refractivity contribution in [3.8, 4) is 0 Å². The molecule has 1 aliphatic heterocycles. The number of aliphatic hydroxyl groups excluding tert-OH is 1. The standard InChI is InChI=1S/C14H28N4O/c1-4-18-7-5-6-10(18)9-16-13(15)17-11-8-12(19)14(11,2)3/h10-12,19H,4-9H2,1-3H3,(H3,15,16,17). The van der Waals surface area contributed by atoms with Gasteiger partial charge in [-0.1, -0.05) is 20.8 Å². The molecule has 1 saturated carbocycles. The van der Waals surface area contributed by atoms with Gasteiger partial charge in [0.2, 0.25) is 0 Å². The Labute approximate surface area is 116 Å². The van der Waals surface area contributed by atoms with E-state index in [4.69, 9.17) is 5.73 Å². The highest BCUT2D eigenvalue weighted by molar-refractivity contribution is 5.78. The lowest BCUT2D eigenvalue weighted by Crippen LogP contribution is -2.62. The molecule has 0 aromatic heterocycles. The van der Waals surface area contributed by atoms with Crippen molar-refractivity contribution in [2.24, 2.45) is 16.1 Å². The average Bonchev–Trinajstić information content (AvgIpc) is 2.83. The molecule has 1 heterocycles. The molecule has 0 radical (unpaired) electrons. The van der Waals surface area contributed by atoms with Crippen molar-refractivity contribution in [1.82, 2.24) is 10.2 Å². The lowest BCUT2D eigenvalue weighted by Gasteiger charge is -2.49. The summed E-state index contributed by atoms with van der Waals surface area (Å²) in [7, 11) is 0. The Morgan fingerprint density at radius 2 is 2.26 bits per heavy atom. The number of rotatable bonds is 4. The average molecular weight is 268 g/mol. The van der Waals surface area contributed by atoms with Crippen LogP contribution in [0.2, 0.25) is 0 Å². The molecule has 1 saturated heterocycles. The topological polar surface area (TPSA) is 73.9 Å². The Morgan fingerprint density at radius 1 is 1.53 bits per heavy atom. The van der Waals surface area contributed by atoms with Crippen LogP contribution in [0.15, 0.2) is 4.99 Å². The number of likely N-dealkylation sites (tertiary alicyclic amines) is 1. The van der Waals surface area contributed by atoms with E-state index in [2.05, 4.69) is 36.0 Å². The van der Waals surface area contributed by atoms with E-state index in [0.29, 0.717) is 12.0 Å². The summed E-state index contributed by atoms with van der Waals surface area (Å²) >= 11 is 0. The summed E-state index contributed by atoms with van der Waals surface area (Å²) in [5.74, 6) is 0.521. The normalized spacial score (nSPS) is 35.2. The van der Waals surface area contributed by atoms with Crippen LogP contribution in [0, 0.1) is 5.41 Å². The second kappa shape index (κ2) is 5.67. The van der Waals surface area contributed by atoms with Gasteiger partial charge < -0.3 is 16.2 Å². The molecule has 3 atom stereocenters. The smallest absolute Gasteiger partial charge is 0.188 e. The van der Waals surface area contributed by atoms with Crippen LogP contribution in [0.1, 0.15) is 40.0 Å². The van der Waals surface area contributed by atoms with Crippen LogP contribution < -0.4 is 11.1 Å². The first-order chi connectivity index (χ1) is 8.95. The summed E-state index contributed by atoms with van der Waals surface area (Å²) in [4.78, 5) is 6.94. The maximum absolute atomic E-state index is 9.70. The van der Waals surface area contributed by atoms with Crippen LogP contribution in [-0.2, 0) is 0 Å². The fourth-order valence-corrected chi connectivity index (χ4v) is 3.09. The number of aliphatic hydroxyl groups is 1. The Hall–Kier alpha value is -0.810. The van der Waals surface area contributed by atoms with Crippen LogP contribution in [0.5, 0.6) is 0 Å². The van der Waals surface area contributed by atoms with E-state index in [0.717, 1.165) is 19.5 Å². The SMILES string of the molecule is CCN1CCCC1CN=C(N)NC1CC(O)C1(C)C. The third-order valence-electron chi connectivity index (χ3n) is 4.92. The van der Waals surface area contributed by atoms with Gasteiger partial charge in [-0.05, 0) is 32.4 Å². The molecule has 0 amide bonds. The van der Waals surface area contributed by atoms with Crippen LogP contribution in [0.4, 0.5) is 0 Å². The van der Waals surface area contributed by atoms with Gasteiger partial charge in [-0.25, -0.2) is 0 Å². The Kier molecular flexibility index (Phi) is 4.36. The van der Waals surface area contributed by atoms with Crippen LogP contribution in [0.25, 0.3) is 0 Å². The van der Waals surface area contributed by atoms with E-state index in [-0.39, 0.29) is 17.6 Å². The fourth-order valence-electron chi connectivity index (χ4n) is 3.09. The van der Waals surface area contributed by atoms with E-state index in [1.807, 2.05) is 0 Å². The molecule has 0 aromatic rings. The molecule has 0 spiro atoms. The van der Waals surface area contributed by atoms with Crippen molar-refractivity contribution >= 4 is 5.96 Å². The number of hydrogen-bond acceptors (Lipinski definition) is 3. The van der Waals surface area contributed by atoms with Crippen molar-refractivity contribution < 1.29 is 5.11 Å². The minimum atomic E-state index is -0.233. The Morgan fingerprint density at radius 3 is 2.84 bits per heavy atom. The second-order valence-corrected chi connectivity index (χ2v) is 6.42. The van der Waals surface area contributed by atoms with Gasteiger partial charge >= 0.3 is 0 Å². The maximum Gasteiger partial charge on any atom is 0.188 e. The zero-order valence-corrected chi connectivity index (χ0v) is 12.4. The minimum Gasteiger partial charge on any atom is -0.392 e. The highest BCUT2D eigenvalue weighted by atomic mass is 16.3. The van der Waals surface area contributed by atoms with Gasteiger partial charge in [0.1, 0.15) is 0 Å². The first-order valence-electron chi connectivity index (χ1n) is 7.43. The predicted octanol–water partition coefficient (Wildman–Crippen LogP) is 0.534. The number of nitrogens with one attached hydrogen (secondary N) is 1. The Balaban J connectivity index is 1.80. The number of nitrogens with two attached hydrogens (primary N) is 1. The first-order valence-corrected chi connectivity index (χ1v) is 7.43. The van der Waals surface area contributed by atoms with E-state index < -0.39 is 0 Å². The zero-order valence-electron chi connectivity index (χ0n) is 12.4. The van der Waals surface area contributed by atoms with Gasteiger partial charge in [-0.3, -0.25) is 9.89 Å². The summed E-state index contributed by atoms with van der Waals surface area (Å²) in [6.07, 6.45) is 3.01. The lowest BCUT2D eigenvalue weighted by atomic mass is 9.65. The number of hydrogen-bond donors (Lipinski definition) is 3. The van der Waals surface area contributed by atoms with Crippen molar-refractivity contribution in [3.63, 3.8) is 0 Å². The van der Waals surface area contributed by atoms with Gasteiger partial charge in [0.05, 0.1) is 12.6 Å². The summed E-state index contributed by atoms with van der Waals surface area (Å²) in [5, 5.41) is 12.9. The molecular weight excluding hydrogens is 240 g/mol. The summed E-state index contributed by atoms with van der Waals surface area (Å²) < 4.78 is 0. The van der Waals surface area contributed by atoms with E-state index in [1.54, 1.807) is 0 Å². The molecule has 4 N–H and O–H groups in total. The molecule has 0 aromatic carbocycles. The number of likely N-dealkylation sites (N-methyl/N-ethyl adjacent to an activating group) is 1. The first kappa shape index (κ1) is 14.6. The van der Waals surface area contributed by atoms with Crippen molar-refractivity contribution in [3.05, 3.63) is 0 Å². The lowest BCUT2D eigenvalue weighted by molar-refractivity contribution is -0.0660. The zero-order chi connectivity index (χ0) is 14.0. The van der Waals surface area contributed by atoms with E-state index in [1.165, 1.54) is 19.4 Å². The van der Waals surface area contributed by atoms with Crippen molar-refractivity contribution in [1.29, 1.82) is 0 Å². The number of guanidine groups is 1. The highest BCUT2D eigenvalue weighted by Crippen LogP contribution is 2.40. The quantitative estimate of drug-likeness (QED) is 0.514. The third-order valence-corrected chi connectivity index (χ3v) is 4.92. The molecule has 0 bridgehead atoms. The summed E-state index contributed by atoms with van der Waals surface area (Å²) in [5.41, 5.74) is 5.85. The van der Waals surface area contributed by atoms with Crippen molar-refractivity contribution in [2.75, 3.05) is 19.6 Å². The van der Waals surface area contributed by atoms with Crippen molar-refractivity contribution in [2.45, 2.75) is 58.2 Å². The number of nitrogens with zero attached hydrogens (tertiary/aromatic N) is 2. The summed E-state index contributed by atoms with van der Waals surface area (Å²) in [6.45, 7) is 9.37. The molecule has 110 valence electrons. The maximum atomic E-state index is 9.70. The fraction of sp³-hybridized carbons (Fsp3) is 0.929. The molecule has 5 nitrogen and oxygen atoms in total. The predicted molar refractivity (Wildman–Crippen MR) is 78.1 cm³/mol. The van der Waals surface area contributed by atoms with Gasteiger partial charge in [-0.15, -0.1) is 0 Å². The summed E-state index contributed by atoms with van der Waals surface area (Å²) in [6, 6.07) is 0.780. The van der Waals surface area contributed by atoms with Crippen LogP contribution in [0.3, 0.4) is 0 Å². The molecule has 19 heavy (non-hydrogen) atoms. The molecule has 2 rings (SSSR count). The van der Waals surface area contributed by atoms with Gasteiger partial charge in [-0.2, -0.15) is 0 Å². The Bertz CT molecular complexity index is 342. The monoisotopic (exact) mass is 268 g/mol. The molecule has 2 aliphatic rings. The molecular formula is C14H28N4O. The van der Waals surface area contributed by atoms with Crippen LogP contribution in [-0.4, -0.2) is 53.8 Å². The highest BCUT2D eigenvalue weighted by Gasteiger charge is 2.47. The largest absolute Gasteiger partial charge is 0.392 e. The molecule has 2 fully saturated rings. The molecule has 3 unspecified atom stereocenters.